The largest absolute Gasteiger partial charge is 0.452 e. The smallest absolute Gasteiger partial charge is 0.343 e. The predicted molar refractivity (Wildman–Crippen MR) is 123 cm³/mol. The highest BCUT2D eigenvalue weighted by Crippen LogP contribution is 2.40. The first-order chi connectivity index (χ1) is 15.4. The van der Waals surface area contributed by atoms with Gasteiger partial charge in [-0.3, -0.25) is 4.79 Å². The molecule has 1 aliphatic rings. The molecule has 5 nitrogen and oxygen atoms in total. The van der Waals surface area contributed by atoms with Gasteiger partial charge in [0.2, 0.25) is 5.78 Å². The molecule has 5 rings (SSSR count). The number of hydrogen-bond donors (Lipinski definition) is 0. The molecule has 4 aromatic rings. The molecule has 0 aliphatic carbocycles. The number of fused-ring (bicyclic) bond motifs is 2. The summed E-state index contributed by atoms with van der Waals surface area (Å²) in [6, 6.07) is 17.7. The van der Waals surface area contributed by atoms with Gasteiger partial charge < -0.3 is 14.0 Å². The summed E-state index contributed by atoms with van der Waals surface area (Å²) in [5.74, 6) is 0.221. The molecule has 0 radical (unpaired) electrons. The van der Waals surface area contributed by atoms with Gasteiger partial charge in [0.1, 0.15) is 11.5 Å². The molecule has 158 valence electrons. The fourth-order valence-corrected chi connectivity index (χ4v) is 4.07. The molecule has 0 unspecified atom stereocenters. The molecule has 1 aromatic heterocycles. The van der Waals surface area contributed by atoms with Gasteiger partial charge in [-0.05, 0) is 49.4 Å². The molecule has 0 bridgehead atoms. The minimum absolute atomic E-state index is 0.205. The number of hydrogen-bond acceptors (Lipinski definition) is 4. The second-order valence-corrected chi connectivity index (χ2v) is 8.05. The van der Waals surface area contributed by atoms with Crippen molar-refractivity contribution in [3.8, 4) is 11.5 Å². The lowest BCUT2D eigenvalue weighted by atomic mass is 10.1. The van der Waals surface area contributed by atoms with Crippen molar-refractivity contribution < 1.29 is 19.1 Å². The third-order valence-electron chi connectivity index (χ3n) is 5.51. The van der Waals surface area contributed by atoms with Gasteiger partial charge in [-0.25, -0.2) is 4.79 Å². The van der Waals surface area contributed by atoms with Crippen molar-refractivity contribution >= 4 is 40.3 Å². The van der Waals surface area contributed by atoms with Gasteiger partial charge >= 0.3 is 5.97 Å². The lowest BCUT2D eigenvalue weighted by Gasteiger charge is -2.10. The lowest BCUT2D eigenvalue weighted by molar-refractivity contribution is 0.0733. The van der Waals surface area contributed by atoms with Crippen molar-refractivity contribution in [1.82, 2.24) is 4.57 Å². The maximum Gasteiger partial charge on any atom is 0.343 e. The van der Waals surface area contributed by atoms with Crippen molar-refractivity contribution in [1.29, 1.82) is 0 Å². The van der Waals surface area contributed by atoms with E-state index in [-0.39, 0.29) is 11.5 Å². The molecule has 0 amide bonds. The van der Waals surface area contributed by atoms with Crippen LogP contribution in [-0.2, 0) is 7.05 Å². The maximum absolute atomic E-state index is 13.0. The number of para-hydroxylation sites is 1. The third-order valence-corrected chi connectivity index (χ3v) is 5.75. The molecule has 2 heterocycles. The van der Waals surface area contributed by atoms with Gasteiger partial charge in [0.15, 0.2) is 5.76 Å². The first-order valence-electron chi connectivity index (χ1n) is 10.0. The molecule has 32 heavy (non-hydrogen) atoms. The van der Waals surface area contributed by atoms with Crippen LogP contribution in [0.1, 0.15) is 31.8 Å². The van der Waals surface area contributed by atoms with Gasteiger partial charge in [0.25, 0.3) is 0 Å². The average molecular weight is 444 g/mol. The second-order valence-electron chi connectivity index (χ2n) is 7.62. The number of carbonyl (C=O) groups is 2. The Morgan fingerprint density at radius 1 is 1.09 bits per heavy atom. The van der Waals surface area contributed by atoms with Crippen molar-refractivity contribution in [2.24, 2.45) is 7.05 Å². The van der Waals surface area contributed by atoms with E-state index < -0.39 is 5.97 Å². The van der Waals surface area contributed by atoms with Crippen LogP contribution >= 0.6 is 11.6 Å². The highest BCUT2D eigenvalue weighted by Gasteiger charge is 2.31. The Bertz CT molecular complexity index is 1450. The van der Waals surface area contributed by atoms with Crippen LogP contribution in [0.3, 0.4) is 0 Å². The summed E-state index contributed by atoms with van der Waals surface area (Å²) in [4.78, 5) is 25.5. The van der Waals surface area contributed by atoms with Crippen LogP contribution in [0.15, 0.2) is 72.6 Å². The maximum atomic E-state index is 13.0. The second kappa shape index (κ2) is 7.70. The van der Waals surface area contributed by atoms with Crippen molar-refractivity contribution in [2.75, 3.05) is 0 Å². The number of nitrogens with zero attached hydrogens (tertiary/aromatic N) is 1. The number of aromatic nitrogens is 1. The van der Waals surface area contributed by atoms with E-state index in [2.05, 4.69) is 0 Å². The van der Waals surface area contributed by atoms with Crippen molar-refractivity contribution in [2.45, 2.75) is 6.92 Å². The standard InChI is InChI=1S/C26H18ClNO4/c1-15-22(32-26(30)16-6-5-7-18(27)12-16)11-10-20-24(29)23(31-25(15)20)13-17-14-28(2)21-9-4-3-8-19(17)21/h3-14H,1-2H3/b23-13-. The van der Waals surface area contributed by atoms with E-state index in [1.807, 2.05) is 42.1 Å². The number of benzene rings is 3. The Morgan fingerprint density at radius 2 is 1.91 bits per heavy atom. The molecule has 0 saturated heterocycles. The van der Waals surface area contributed by atoms with Gasteiger partial charge in [0.05, 0.1) is 11.1 Å². The number of esters is 1. The number of ketones is 1. The summed E-state index contributed by atoms with van der Waals surface area (Å²) < 4.78 is 13.5. The van der Waals surface area contributed by atoms with Gasteiger partial charge in [0, 0.05) is 40.3 Å². The topological polar surface area (TPSA) is 57.5 Å². The highest BCUT2D eigenvalue weighted by molar-refractivity contribution is 6.30. The fraction of sp³-hybridized carbons (Fsp3) is 0.0769. The van der Waals surface area contributed by atoms with E-state index in [4.69, 9.17) is 21.1 Å². The van der Waals surface area contributed by atoms with Crippen LogP contribution in [0, 0.1) is 6.92 Å². The number of ether oxygens (including phenoxy) is 2. The molecule has 3 aromatic carbocycles. The number of carbonyl (C=O) groups excluding carboxylic acids is 2. The van der Waals surface area contributed by atoms with Crippen LogP contribution in [0.25, 0.3) is 17.0 Å². The fourth-order valence-electron chi connectivity index (χ4n) is 3.88. The van der Waals surface area contributed by atoms with Gasteiger partial charge in [-0.1, -0.05) is 35.9 Å². The van der Waals surface area contributed by atoms with Crippen LogP contribution in [0.2, 0.25) is 5.02 Å². The highest BCUT2D eigenvalue weighted by atomic mass is 35.5. The predicted octanol–water partition coefficient (Wildman–Crippen LogP) is 5.98. The SMILES string of the molecule is Cc1c(OC(=O)c2cccc(Cl)c2)ccc2c1O/C(=C\c1cn(C)c3ccccc13)C2=O. The molecule has 6 heteroatoms. The molecule has 0 N–H and O–H groups in total. The first kappa shape index (κ1) is 20.1. The number of halogens is 1. The summed E-state index contributed by atoms with van der Waals surface area (Å²) in [5.41, 5.74) is 3.31. The summed E-state index contributed by atoms with van der Waals surface area (Å²) >= 11 is 5.96. The van der Waals surface area contributed by atoms with E-state index in [0.29, 0.717) is 33.2 Å². The van der Waals surface area contributed by atoms with Crippen molar-refractivity contribution in [3.63, 3.8) is 0 Å². The Balaban J connectivity index is 1.47. The first-order valence-corrected chi connectivity index (χ1v) is 10.4. The van der Waals surface area contributed by atoms with Crippen LogP contribution in [0.4, 0.5) is 0 Å². The van der Waals surface area contributed by atoms with Crippen LogP contribution < -0.4 is 9.47 Å². The minimum atomic E-state index is -0.536. The monoisotopic (exact) mass is 443 g/mol. The molecular formula is C26H18ClNO4. The van der Waals surface area contributed by atoms with Gasteiger partial charge in [-0.15, -0.1) is 0 Å². The van der Waals surface area contributed by atoms with Crippen molar-refractivity contribution in [3.05, 3.63) is 99.9 Å². The normalized spacial score (nSPS) is 14.0. The number of aryl methyl sites for hydroxylation is 1. The van der Waals surface area contributed by atoms with Crippen LogP contribution in [-0.4, -0.2) is 16.3 Å². The average Bonchev–Trinajstić information content (AvgIpc) is 3.28. The number of allylic oxidation sites excluding steroid dienone is 1. The number of Topliss-reactive ketones (excluding diaryl/α,β-unsaturated/α-hetero) is 1. The Hall–Kier alpha value is -3.83. The molecule has 1 aliphatic heterocycles. The minimum Gasteiger partial charge on any atom is -0.452 e. The molecule has 0 saturated carbocycles. The molecule has 0 atom stereocenters. The summed E-state index contributed by atoms with van der Waals surface area (Å²) in [7, 11) is 1.96. The molecular weight excluding hydrogens is 426 g/mol. The zero-order chi connectivity index (χ0) is 22.4. The quantitative estimate of drug-likeness (QED) is 0.222. The molecule has 0 fully saturated rings. The van der Waals surface area contributed by atoms with E-state index in [0.717, 1.165) is 16.5 Å². The lowest BCUT2D eigenvalue weighted by Crippen LogP contribution is -2.09. The Kier molecular flexibility index (Phi) is 4.83. The summed E-state index contributed by atoms with van der Waals surface area (Å²) in [6.45, 7) is 1.76. The number of rotatable bonds is 3. The zero-order valence-corrected chi connectivity index (χ0v) is 18.1. The zero-order valence-electron chi connectivity index (χ0n) is 17.4. The third kappa shape index (κ3) is 3.37. The molecule has 0 spiro atoms. The Morgan fingerprint density at radius 3 is 2.72 bits per heavy atom. The van der Waals surface area contributed by atoms with E-state index in [1.54, 1.807) is 43.3 Å². The summed E-state index contributed by atoms with van der Waals surface area (Å²) in [6.07, 6.45) is 3.71. The van der Waals surface area contributed by atoms with Crippen LogP contribution in [0.5, 0.6) is 11.5 Å². The van der Waals surface area contributed by atoms with E-state index >= 15 is 0 Å². The summed E-state index contributed by atoms with van der Waals surface area (Å²) in [5, 5.41) is 1.48. The Labute approximate surface area is 189 Å². The van der Waals surface area contributed by atoms with E-state index in [9.17, 15) is 9.59 Å². The van der Waals surface area contributed by atoms with E-state index in [1.165, 1.54) is 6.07 Å². The van der Waals surface area contributed by atoms with Gasteiger partial charge in [-0.2, -0.15) is 0 Å².